The van der Waals surface area contributed by atoms with E-state index in [9.17, 15) is 0 Å². The minimum atomic E-state index is 0.845. The highest BCUT2D eigenvalue weighted by Gasteiger charge is 2.14. The van der Waals surface area contributed by atoms with Crippen molar-refractivity contribution >= 4 is 0 Å². The van der Waals surface area contributed by atoms with E-state index in [2.05, 4.69) is 18.5 Å². The molecule has 0 aromatic carbocycles. The molecule has 0 aliphatic carbocycles. The van der Waals surface area contributed by atoms with Crippen LogP contribution in [-0.4, -0.2) is 18.5 Å². The highest BCUT2D eigenvalue weighted by atomic mass is 15.1. The molecular formula is C10H16N2. The molecular weight excluding hydrogens is 148 g/mol. The monoisotopic (exact) mass is 164 g/mol. The van der Waals surface area contributed by atoms with Gasteiger partial charge in [-0.15, -0.1) is 0 Å². The Morgan fingerprint density at radius 2 is 2.33 bits per heavy atom. The van der Waals surface area contributed by atoms with Crippen molar-refractivity contribution in [2.45, 2.75) is 13.3 Å². The summed E-state index contributed by atoms with van der Waals surface area (Å²) in [5.74, 6) is 0. The van der Waals surface area contributed by atoms with Crippen molar-refractivity contribution in [2.75, 3.05) is 13.6 Å². The van der Waals surface area contributed by atoms with Gasteiger partial charge in [0.05, 0.1) is 0 Å². The van der Waals surface area contributed by atoms with E-state index < -0.39 is 0 Å². The molecule has 1 heterocycles. The standard InChI is InChI=1S/C10H16N2/c1-4-9-5-6-12(3)10(9)7-8(2)11/h4,7H,1,5-6,11H2,2-3H3/b8-7-. The molecule has 1 aliphatic heterocycles. The van der Waals surface area contributed by atoms with Crippen LogP contribution in [0.1, 0.15) is 13.3 Å². The molecule has 66 valence electrons. The number of hydrogen-bond donors (Lipinski definition) is 1. The molecule has 0 spiro atoms. The predicted octanol–water partition coefficient (Wildman–Crippen LogP) is 1.62. The highest BCUT2D eigenvalue weighted by Crippen LogP contribution is 2.23. The van der Waals surface area contributed by atoms with E-state index in [1.807, 2.05) is 19.1 Å². The van der Waals surface area contributed by atoms with Crippen molar-refractivity contribution in [3.63, 3.8) is 0 Å². The molecule has 12 heavy (non-hydrogen) atoms. The van der Waals surface area contributed by atoms with Crippen molar-refractivity contribution in [3.8, 4) is 0 Å². The molecule has 0 aromatic heterocycles. The molecule has 0 amide bonds. The molecule has 0 aromatic rings. The Morgan fingerprint density at radius 1 is 1.67 bits per heavy atom. The predicted molar refractivity (Wildman–Crippen MR) is 52.4 cm³/mol. The first kappa shape index (κ1) is 8.91. The fraction of sp³-hybridized carbons (Fsp3) is 0.400. The van der Waals surface area contributed by atoms with E-state index >= 15 is 0 Å². The van der Waals surface area contributed by atoms with Gasteiger partial charge in [-0.25, -0.2) is 0 Å². The van der Waals surface area contributed by atoms with Gasteiger partial charge in [0.2, 0.25) is 0 Å². The van der Waals surface area contributed by atoms with Crippen LogP contribution in [0.3, 0.4) is 0 Å². The molecule has 0 unspecified atom stereocenters. The van der Waals surface area contributed by atoms with Crippen LogP contribution in [0.4, 0.5) is 0 Å². The van der Waals surface area contributed by atoms with Gasteiger partial charge in [0, 0.05) is 25.0 Å². The molecule has 2 heteroatoms. The second kappa shape index (κ2) is 3.48. The SMILES string of the molecule is C=CC1=C(/C=C(/C)N)N(C)CC1. The van der Waals surface area contributed by atoms with Crippen LogP contribution in [0, 0.1) is 0 Å². The van der Waals surface area contributed by atoms with E-state index in [4.69, 9.17) is 5.73 Å². The zero-order valence-corrected chi connectivity index (χ0v) is 7.80. The molecule has 1 aliphatic rings. The number of allylic oxidation sites excluding steroid dienone is 3. The summed E-state index contributed by atoms with van der Waals surface area (Å²) in [7, 11) is 2.07. The third-order valence-electron chi connectivity index (χ3n) is 2.07. The van der Waals surface area contributed by atoms with Gasteiger partial charge in [-0.05, 0) is 25.0 Å². The molecule has 0 radical (unpaired) electrons. The molecule has 0 bridgehead atoms. The van der Waals surface area contributed by atoms with Crippen molar-refractivity contribution < 1.29 is 0 Å². The van der Waals surface area contributed by atoms with Crippen LogP contribution >= 0.6 is 0 Å². The smallest absolute Gasteiger partial charge is 0.0413 e. The molecule has 2 nitrogen and oxygen atoms in total. The second-order valence-electron chi connectivity index (χ2n) is 3.17. The normalized spacial score (nSPS) is 18.8. The van der Waals surface area contributed by atoms with E-state index in [1.165, 1.54) is 11.3 Å². The first-order valence-corrected chi connectivity index (χ1v) is 4.15. The van der Waals surface area contributed by atoms with Gasteiger partial charge in [-0.2, -0.15) is 0 Å². The van der Waals surface area contributed by atoms with E-state index in [0.717, 1.165) is 18.7 Å². The zero-order chi connectivity index (χ0) is 9.14. The first-order chi connectivity index (χ1) is 5.65. The van der Waals surface area contributed by atoms with Gasteiger partial charge in [-0.1, -0.05) is 12.7 Å². The average Bonchev–Trinajstić information content (AvgIpc) is 2.32. The van der Waals surface area contributed by atoms with Crippen molar-refractivity contribution in [1.29, 1.82) is 0 Å². The summed E-state index contributed by atoms with van der Waals surface area (Å²) >= 11 is 0. The minimum absolute atomic E-state index is 0.845. The van der Waals surface area contributed by atoms with Crippen molar-refractivity contribution in [3.05, 3.63) is 35.7 Å². The topological polar surface area (TPSA) is 29.3 Å². The van der Waals surface area contributed by atoms with Gasteiger partial charge in [0.1, 0.15) is 0 Å². The van der Waals surface area contributed by atoms with Gasteiger partial charge < -0.3 is 10.6 Å². The van der Waals surface area contributed by atoms with Crippen molar-refractivity contribution in [1.82, 2.24) is 4.90 Å². The van der Waals surface area contributed by atoms with E-state index in [0.29, 0.717) is 0 Å². The number of nitrogens with zero attached hydrogens (tertiary/aromatic N) is 1. The largest absolute Gasteiger partial charge is 0.402 e. The molecule has 2 N–H and O–H groups in total. The number of rotatable bonds is 2. The highest BCUT2D eigenvalue weighted by molar-refractivity contribution is 5.35. The summed E-state index contributed by atoms with van der Waals surface area (Å²) in [4.78, 5) is 2.20. The number of likely N-dealkylation sites (N-methyl/N-ethyl adjacent to an activating group) is 1. The average molecular weight is 164 g/mol. The van der Waals surface area contributed by atoms with E-state index in [-0.39, 0.29) is 0 Å². The Hall–Kier alpha value is -1.18. The van der Waals surface area contributed by atoms with Crippen LogP contribution in [0.5, 0.6) is 0 Å². The Balaban J connectivity index is 2.95. The summed E-state index contributed by atoms with van der Waals surface area (Å²) in [6, 6.07) is 0. The quantitative estimate of drug-likeness (QED) is 0.672. The van der Waals surface area contributed by atoms with Crippen molar-refractivity contribution in [2.24, 2.45) is 5.73 Å². The Morgan fingerprint density at radius 3 is 2.83 bits per heavy atom. The second-order valence-corrected chi connectivity index (χ2v) is 3.17. The third kappa shape index (κ3) is 1.70. The Bertz CT molecular complexity index is 245. The van der Waals surface area contributed by atoms with Gasteiger partial charge in [0.25, 0.3) is 0 Å². The lowest BCUT2D eigenvalue weighted by Crippen LogP contribution is -2.12. The summed E-state index contributed by atoms with van der Waals surface area (Å²) in [6.07, 6.45) is 5.00. The lowest BCUT2D eigenvalue weighted by molar-refractivity contribution is 0.471. The fourth-order valence-electron chi connectivity index (χ4n) is 1.41. The molecule has 0 saturated carbocycles. The van der Waals surface area contributed by atoms with Gasteiger partial charge in [0.15, 0.2) is 0 Å². The van der Waals surface area contributed by atoms with Crippen LogP contribution < -0.4 is 5.73 Å². The molecule has 1 rings (SSSR count). The first-order valence-electron chi connectivity index (χ1n) is 4.15. The van der Waals surface area contributed by atoms with Crippen LogP contribution in [0.2, 0.25) is 0 Å². The maximum Gasteiger partial charge on any atom is 0.0413 e. The summed E-state index contributed by atoms with van der Waals surface area (Å²) in [6.45, 7) is 6.75. The third-order valence-corrected chi connectivity index (χ3v) is 2.07. The molecule has 0 fully saturated rings. The van der Waals surface area contributed by atoms with Gasteiger partial charge >= 0.3 is 0 Å². The summed E-state index contributed by atoms with van der Waals surface area (Å²) < 4.78 is 0. The summed E-state index contributed by atoms with van der Waals surface area (Å²) in [5.41, 5.74) is 8.97. The fourth-order valence-corrected chi connectivity index (χ4v) is 1.41. The van der Waals surface area contributed by atoms with Gasteiger partial charge in [-0.3, -0.25) is 0 Å². The minimum Gasteiger partial charge on any atom is -0.402 e. The lowest BCUT2D eigenvalue weighted by Gasteiger charge is -2.13. The van der Waals surface area contributed by atoms with Crippen LogP contribution in [0.15, 0.2) is 35.7 Å². The Labute approximate surface area is 74.0 Å². The van der Waals surface area contributed by atoms with Crippen LogP contribution in [0.25, 0.3) is 0 Å². The lowest BCUT2D eigenvalue weighted by atomic mass is 10.2. The molecule has 0 saturated heterocycles. The van der Waals surface area contributed by atoms with E-state index in [1.54, 1.807) is 0 Å². The molecule has 0 atom stereocenters. The summed E-state index contributed by atoms with van der Waals surface area (Å²) in [5, 5.41) is 0. The maximum absolute atomic E-state index is 5.62. The Kier molecular flexibility index (Phi) is 2.58. The maximum atomic E-state index is 5.62. The zero-order valence-electron chi connectivity index (χ0n) is 7.80. The van der Waals surface area contributed by atoms with Crippen LogP contribution in [-0.2, 0) is 0 Å². The number of nitrogens with two attached hydrogens (primary N) is 1. The number of hydrogen-bond acceptors (Lipinski definition) is 2.